The van der Waals surface area contributed by atoms with Gasteiger partial charge in [-0.1, -0.05) is 82.7 Å². The van der Waals surface area contributed by atoms with Crippen LogP contribution >= 0.6 is 15.9 Å². The van der Waals surface area contributed by atoms with Gasteiger partial charge in [0.05, 0.1) is 16.8 Å². The van der Waals surface area contributed by atoms with E-state index in [1.807, 2.05) is 48.5 Å². The number of carbonyl (C=O) groups excluding carboxylic acids is 4. The SMILES string of the molecule is O=C(CN(C(=O)c1cccc([N+](=O)[O-])c1)N1C(=O)[C@@H]2C3c4ccccc4C(c4ccccc43)[C@H]2C1=O)c1ccc(Br)cc1. The highest BCUT2D eigenvalue weighted by molar-refractivity contribution is 9.10. The van der Waals surface area contributed by atoms with Crippen LogP contribution in [-0.2, 0) is 9.59 Å². The van der Waals surface area contributed by atoms with Gasteiger partial charge in [-0.25, -0.2) is 5.01 Å². The summed E-state index contributed by atoms with van der Waals surface area (Å²) in [6, 6.07) is 27.0. The summed E-state index contributed by atoms with van der Waals surface area (Å²) in [6.45, 7) is -0.616. The molecule has 2 atom stereocenters. The molecule has 4 aliphatic rings. The number of hydrogen-bond acceptors (Lipinski definition) is 6. The van der Waals surface area contributed by atoms with E-state index in [1.54, 1.807) is 24.3 Å². The molecule has 3 aliphatic carbocycles. The summed E-state index contributed by atoms with van der Waals surface area (Å²) >= 11 is 3.34. The standard InChI is InChI=1S/C33H22BrN3O6/c34-20-14-12-18(13-15-20)26(38)17-35(31(39)19-6-5-7-21(16-19)37(42)43)36-32(40)29-27-22-8-1-2-9-23(22)28(30(29)33(36)41)25-11-4-3-10-24(25)27/h1-16,27-30H,17H2/t27?,28?,29-,30-/m1/s1. The molecule has 0 aromatic heterocycles. The minimum atomic E-state index is -0.864. The Morgan fingerprint density at radius 2 is 1.26 bits per heavy atom. The summed E-state index contributed by atoms with van der Waals surface area (Å²) in [5, 5.41) is 13.2. The molecule has 0 saturated carbocycles. The molecule has 1 aliphatic heterocycles. The van der Waals surface area contributed by atoms with Crippen LogP contribution in [0.1, 0.15) is 54.8 Å². The number of hydrogen-bond donors (Lipinski definition) is 0. The second kappa shape index (κ2) is 10.1. The molecule has 0 N–H and O–H groups in total. The van der Waals surface area contributed by atoms with E-state index < -0.39 is 58.6 Å². The van der Waals surface area contributed by atoms with Crippen LogP contribution < -0.4 is 0 Å². The fourth-order valence-corrected chi connectivity index (χ4v) is 7.16. The summed E-state index contributed by atoms with van der Waals surface area (Å²) in [4.78, 5) is 67.1. The fraction of sp³-hybridized carbons (Fsp3) is 0.152. The maximum Gasteiger partial charge on any atom is 0.273 e. The Hall–Kier alpha value is -4.96. The first kappa shape index (κ1) is 26.9. The number of benzene rings is 4. The Labute approximate surface area is 254 Å². The van der Waals surface area contributed by atoms with Crippen molar-refractivity contribution in [1.82, 2.24) is 10.0 Å². The summed E-state index contributed by atoms with van der Waals surface area (Å²) in [5.74, 6) is -4.86. The molecule has 4 aromatic rings. The number of nitrogens with zero attached hydrogens (tertiary/aromatic N) is 3. The van der Waals surface area contributed by atoms with E-state index in [2.05, 4.69) is 15.9 Å². The number of hydrazine groups is 1. The largest absolute Gasteiger partial charge is 0.292 e. The lowest BCUT2D eigenvalue weighted by atomic mass is 9.55. The van der Waals surface area contributed by atoms with Crippen molar-refractivity contribution in [2.75, 3.05) is 6.54 Å². The van der Waals surface area contributed by atoms with Crippen LogP contribution in [-0.4, -0.2) is 45.0 Å². The van der Waals surface area contributed by atoms with Crippen molar-refractivity contribution in [2.24, 2.45) is 11.8 Å². The maximum absolute atomic E-state index is 14.4. The zero-order valence-corrected chi connectivity index (χ0v) is 24.0. The Kier molecular flexibility index (Phi) is 6.32. The Morgan fingerprint density at radius 3 is 1.74 bits per heavy atom. The number of Topliss-reactive ketones (excluding diaryl/α,β-unsaturated/α-hetero) is 1. The molecule has 4 aromatic carbocycles. The third-order valence-electron chi connectivity index (χ3n) is 8.66. The van der Waals surface area contributed by atoms with E-state index in [9.17, 15) is 29.3 Å². The maximum atomic E-state index is 14.4. The van der Waals surface area contributed by atoms with Crippen molar-refractivity contribution in [3.63, 3.8) is 0 Å². The van der Waals surface area contributed by atoms with Crippen molar-refractivity contribution in [3.05, 3.63) is 145 Å². The molecule has 2 bridgehead atoms. The first-order chi connectivity index (χ1) is 20.8. The summed E-state index contributed by atoms with van der Waals surface area (Å²) in [7, 11) is 0. The molecule has 8 rings (SSSR count). The van der Waals surface area contributed by atoms with Crippen molar-refractivity contribution >= 4 is 45.1 Å². The van der Waals surface area contributed by atoms with Crippen LogP contribution in [0, 0.1) is 22.0 Å². The van der Waals surface area contributed by atoms with Crippen molar-refractivity contribution < 1.29 is 24.1 Å². The van der Waals surface area contributed by atoms with E-state index in [-0.39, 0.29) is 16.8 Å². The summed E-state index contributed by atoms with van der Waals surface area (Å²) in [6.07, 6.45) is 0. The third kappa shape index (κ3) is 4.12. The Bertz CT molecular complexity index is 1760. The molecule has 1 saturated heterocycles. The molecule has 212 valence electrons. The second-order valence-electron chi connectivity index (χ2n) is 10.9. The number of ketones is 1. The highest BCUT2D eigenvalue weighted by Gasteiger charge is 2.63. The Balaban J connectivity index is 1.33. The van der Waals surface area contributed by atoms with Crippen LogP contribution in [0.15, 0.2) is 102 Å². The molecular weight excluding hydrogens is 614 g/mol. The summed E-state index contributed by atoms with van der Waals surface area (Å²) < 4.78 is 0.747. The molecule has 1 heterocycles. The van der Waals surface area contributed by atoms with Gasteiger partial charge in [-0.15, -0.1) is 0 Å². The normalized spacial score (nSPS) is 21.2. The monoisotopic (exact) mass is 635 g/mol. The van der Waals surface area contributed by atoms with Gasteiger partial charge in [-0.3, -0.25) is 29.3 Å². The molecular formula is C33H22BrN3O6. The minimum absolute atomic E-state index is 0.122. The number of halogens is 1. The highest BCUT2D eigenvalue weighted by atomic mass is 79.9. The lowest BCUT2D eigenvalue weighted by Crippen LogP contribution is -2.52. The quantitative estimate of drug-likeness (QED) is 0.120. The number of rotatable bonds is 6. The van der Waals surface area contributed by atoms with Crippen LogP contribution in [0.4, 0.5) is 5.69 Å². The van der Waals surface area contributed by atoms with E-state index >= 15 is 0 Å². The topological polar surface area (TPSA) is 118 Å². The number of nitro groups is 1. The second-order valence-corrected chi connectivity index (χ2v) is 11.8. The zero-order chi connectivity index (χ0) is 30.0. The van der Waals surface area contributed by atoms with Gasteiger partial charge in [-0.05, 0) is 40.5 Å². The van der Waals surface area contributed by atoms with Gasteiger partial charge in [0.25, 0.3) is 23.4 Å². The van der Waals surface area contributed by atoms with Crippen LogP contribution in [0.25, 0.3) is 0 Å². The van der Waals surface area contributed by atoms with E-state index in [4.69, 9.17) is 0 Å². The molecule has 9 nitrogen and oxygen atoms in total. The Morgan fingerprint density at radius 1 is 0.744 bits per heavy atom. The van der Waals surface area contributed by atoms with Gasteiger partial charge in [0.1, 0.15) is 6.54 Å². The van der Waals surface area contributed by atoms with Gasteiger partial charge in [0.2, 0.25) is 0 Å². The van der Waals surface area contributed by atoms with Gasteiger partial charge in [0, 0.05) is 39.6 Å². The fourth-order valence-electron chi connectivity index (χ4n) is 6.90. The summed E-state index contributed by atoms with van der Waals surface area (Å²) in [5.41, 5.74) is 3.70. The molecule has 0 spiro atoms. The lowest BCUT2D eigenvalue weighted by Gasteiger charge is -2.45. The van der Waals surface area contributed by atoms with E-state index in [0.717, 1.165) is 42.8 Å². The third-order valence-corrected chi connectivity index (χ3v) is 9.19. The van der Waals surface area contributed by atoms with E-state index in [0.29, 0.717) is 0 Å². The number of amides is 3. The van der Waals surface area contributed by atoms with Gasteiger partial charge >= 0.3 is 0 Å². The van der Waals surface area contributed by atoms with Crippen LogP contribution in [0.5, 0.6) is 0 Å². The molecule has 10 heteroatoms. The van der Waals surface area contributed by atoms with Crippen LogP contribution in [0.2, 0.25) is 0 Å². The average Bonchev–Trinajstić information content (AvgIpc) is 3.29. The smallest absolute Gasteiger partial charge is 0.273 e. The molecule has 0 radical (unpaired) electrons. The van der Waals surface area contributed by atoms with Crippen molar-refractivity contribution in [1.29, 1.82) is 0 Å². The number of imide groups is 1. The predicted octanol–water partition coefficient (Wildman–Crippen LogP) is 5.49. The van der Waals surface area contributed by atoms with Gasteiger partial charge in [-0.2, -0.15) is 5.01 Å². The number of nitro benzene ring substituents is 1. The number of non-ortho nitro benzene ring substituents is 1. The van der Waals surface area contributed by atoms with Crippen LogP contribution in [0.3, 0.4) is 0 Å². The molecule has 0 unspecified atom stereocenters. The highest BCUT2D eigenvalue weighted by Crippen LogP contribution is 2.61. The molecule has 1 fully saturated rings. The van der Waals surface area contributed by atoms with Crippen molar-refractivity contribution in [2.45, 2.75) is 11.8 Å². The van der Waals surface area contributed by atoms with E-state index in [1.165, 1.54) is 18.2 Å². The van der Waals surface area contributed by atoms with Crippen molar-refractivity contribution in [3.8, 4) is 0 Å². The van der Waals surface area contributed by atoms with Gasteiger partial charge < -0.3 is 0 Å². The molecule has 3 amide bonds. The lowest BCUT2D eigenvalue weighted by molar-refractivity contribution is -0.384. The first-order valence-corrected chi connectivity index (χ1v) is 14.5. The first-order valence-electron chi connectivity index (χ1n) is 13.7. The van der Waals surface area contributed by atoms with Gasteiger partial charge in [0.15, 0.2) is 5.78 Å². The average molecular weight is 636 g/mol. The molecule has 43 heavy (non-hydrogen) atoms. The zero-order valence-electron chi connectivity index (χ0n) is 22.4. The number of carbonyl (C=O) groups is 4. The minimum Gasteiger partial charge on any atom is -0.292 e. The predicted molar refractivity (Wildman–Crippen MR) is 158 cm³/mol.